The lowest BCUT2D eigenvalue weighted by Gasteiger charge is -2.15. The Morgan fingerprint density at radius 2 is 2.00 bits per heavy atom. The molecule has 5 nitrogen and oxygen atoms in total. The molecule has 0 heterocycles. The van der Waals surface area contributed by atoms with Gasteiger partial charge in [-0.25, -0.2) is 4.79 Å². The van der Waals surface area contributed by atoms with Crippen LogP contribution < -0.4 is 0 Å². The van der Waals surface area contributed by atoms with Crippen molar-refractivity contribution in [2.45, 2.75) is 6.92 Å². The van der Waals surface area contributed by atoms with Gasteiger partial charge in [-0.1, -0.05) is 0 Å². The van der Waals surface area contributed by atoms with Crippen LogP contribution in [0.3, 0.4) is 0 Å². The van der Waals surface area contributed by atoms with Gasteiger partial charge in [-0.3, -0.25) is 4.79 Å². The average molecular weight is 187 g/mol. The second-order valence-corrected chi connectivity index (χ2v) is 2.62. The molecule has 0 bridgehead atoms. The van der Waals surface area contributed by atoms with Gasteiger partial charge in [-0.15, -0.1) is 0 Å². The Bertz CT molecular complexity index is 234. The van der Waals surface area contributed by atoms with E-state index in [4.69, 9.17) is 10.2 Å². The molecule has 0 fully saturated rings. The summed E-state index contributed by atoms with van der Waals surface area (Å²) >= 11 is 0. The molecule has 5 heteroatoms. The molecule has 0 aromatic carbocycles. The number of carbonyl (C=O) groups is 2. The average Bonchev–Trinajstić information content (AvgIpc) is 2.02. The number of carboxylic acids is 1. The number of aliphatic hydroxyl groups is 1. The number of rotatable bonds is 4. The molecule has 0 atom stereocenters. The standard InChI is InChI=1S/C8H13NO4/c1-6(5-7(11)12)8(13)9(2)3-4-10/h5,10H,3-4H2,1-2H3,(H,11,12). The highest BCUT2D eigenvalue weighted by Gasteiger charge is 2.10. The molecule has 0 radical (unpaired) electrons. The monoisotopic (exact) mass is 187 g/mol. The molecule has 0 aromatic rings. The van der Waals surface area contributed by atoms with E-state index in [-0.39, 0.29) is 18.7 Å². The molecule has 0 aliphatic rings. The maximum absolute atomic E-state index is 11.3. The summed E-state index contributed by atoms with van der Waals surface area (Å²) in [6.45, 7) is 1.48. The lowest BCUT2D eigenvalue weighted by Crippen LogP contribution is -2.30. The fourth-order valence-corrected chi connectivity index (χ4v) is 0.800. The molecule has 0 aromatic heterocycles. The Hall–Kier alpha value is -1.36. The van der Waals surface area contributed by atoms with Gasteiger partial charge in [0.15, 0.2) is 0 Å². The van der Waals surface area contributed by atoms with Crippen LogP contribution in [0.15, 0.2) is 11.6 Å². The molecule has 0 saturated carbocycles. The third-order valence-electron chi connectivity index (χ3n) is 1.46. The second kappa shape index (κ2) is 5.31. The Kier molecular flexibility index (Phi) is 4.76. The van der Waals surface area contributed by atoms with E-state index in [1.54, 1.807) is 0 Å². The van der Waals surface area contributed by atoms with Crippen LogP contribution in [0, 0.1) is 0 Å². The molecular formula is C8H13NO4. The highest BCUT2D eigenvalue weighted by molar-refractivity contribution is 5.98. The summed E-state index contributed by atoms with van der Waals surface area (Å²) in [5.41, 5.74) is 0.142. The first kappa shape index (κ1) is 11.6. The number of carbonyl (C=O) groups excluding carboxylic acids is 1. The summed E-state index contributed by atoms with van der Waals surface area (Å²) in [5, 5.41) is 16.9. The van der Waals surface area contributed by atoms with Crippen molar-refractivity contribution < 1.29 is 19.8 Å². The van der Waals surface area contributed by atoms with Crippen molar-refractivity contribution in [3.63, 3.8) is 0 Å². The molecule has 0 aliphatic heterocycles. The zero-order chi connectivity index (χ0) is 10.4. The third-order valence-corrected chi connectivity index (χ3v) is 1.46. The molecule has 0 saturated heterocycles. The molecule has 2 N–H and O–H groups in total. The van der Waals surface area contributed by atoms with Gasteiger partial charge in [-0.05, 0) is 6.92 Å². The van der Waals surface area contributed by atoms with E-state index in [2.05, 4.69) is 0 Å². The lowest BCUT2D eigenvalue weighted by atomic mass is 10.2. The first-order valence-electron chi connectivity index (χ1n) is 3.76. The van der Waals surface area contributed by atoms with Gasteiger partial charge in [0.25, 0.3) is 0 Å². The predicted molar refractivity (Wildman–Crippen MR) is 46.1 cm³/mol. The molecule has 0 aliphatic carbocycles. The summed E-state index contributed by atoms with van der Waals surface area (Å²) in [6, 6.07) is 0. The fraction of sp³-hybridized carbons (Fsp3) is 0.500. The molecule has 0 unspecified atom stereocenters. The topological polar surface area (TPSA) is 77.8 Å². The number of amides is 1. The Labute approximate surface area is 76.3 Å². The molecule has 0 rings (SSSR count). The molecular weight excluding hydrogens is 174 g/mol. The minimum absolute atomic E-state index is 0.136. The van der Waals surface area contributed by atoms with E-state index in [1.165, 1.54) is 18.9 Å². The van der Waals surface area contributed by atoms with Crippen LogP contribution in [-0.2, 0) is 9.59 Å². The minimum Gasteiger partial charge on any atom is -0.478 e. The Balaban J connectivity index is 4.33. The van der Waals surface area contributed by atoms with Crippen LogP contribution in [0.1, 0.15) is 6.92 Å². The fourth-order valence-electron chi connectivity index (χ4n) is 0.800. The highest BCUT2D eigenvalue weighted by Crippen LogP contribution is 1.98. The van der Waals surface area contributed by atoms with Crippen LogP contribution >= 0.6 is 0 Å². The largest absolute Gasteiger partial charge is 0.478 e. The van der Waals surface area contributed by atoms with Crippen molar-refractivity contribution in [1.29, 1.82) is 0 Å². The quantitative estimate of drug-likeness (QED) is 0.580. The first-order valence-corrected chi connectivity index (χ1v) is 3.76. The van der Waals surface area contributed by atoms with E-state index in [9.17, 15) is 9.59 Å². The van der Waals surface area contributed by atoms with Gasteiger partial charge < -0.3 is 15.1 Å². The van der Waals surface area contributed by atoms with Crippen LogP contribution in [0.25, 0.3) is 0 Å². The van der Waals surface area contributed by atoms with E-state index in [0.29, 0.717) is 0 Å². The zero-order valence-electron chi connectivity index (χ0n) is 7.65. The van der Waals surface area contributed by atoms with E-state index in [0.717, 1.165) is 6.08 Å². The van der Waals surface area contributed by atoms with Crippen LogP contribution in [0.4, 0.5) is 0 Å². The van der Waals surface area contributed by atoms with E-state index < -0.39 is 11.9 Å². The van der Waals surface area contributed by atoms with E-state index >= 15 is 0 Å². The summed E-state index contributed by atoms with van der Waals surface area (Å²) in [6.07, 6.45) is 0.843. The SMILES string of the molecule is CC(=CC(=O)O)C(=O)N(C)CCO. The van der Waals surface area contributed by atoms with Gasteiger partial charge in [0.2, 0.25) is 5.91 Å². The number of nitrogens with zero attached hydrogens (tertiary/aromatic N) is 1. The maximum atomic E-state index is 11.3. The molecule has 13 heavy (non-hydrogen) atoms. The minimum atomic E-state index is -1.15. The van der Waals surface area contributed by atoms with Crippen LogP contribution in [0.2, 0.25) is 0 Å². The third kappa shape index (κ3) is 4.27. The normalized spacial score (nSPS) is 11.2. The van der Waals surface area contributed by atoms with Crippen LogP contribution in [-0.4, -0.2) is 47.2 Å². The van der Waals surface area contributed by atoms with Gasteiger partial charge in [0.1, 0.15) is 0 Å². The van der Waals surface area contributed by atoms with Crippen molar-refractivity contribution in [3.8, 4) is 0 Å². The molecule has 74 valence electrons. The van der Waals surface area contributed by atoms with Gasteiger partial charge in [0.05, 0.1) is 6.61 Å². The van der Waals surface area contributed by atoms with Gasteiger partial charge >= 0.3 is 5.97 Å². The Morgan fingerprint density at radius 3 is 2.38 bits per heavy atom. The number of hydrogen-bond acceptors (Lipinski definition) is 3. The zero-order valence-corrected chi connectivity index (χ0v) is 7.65. The maximum Gasteiger partial charge on any atom is 0.328 e. The molecule has 0 spiro atoms. The first-order chi connectivity index (χ1) is 5.99. The highest BCUT2D eigenvalue weighted by atomic mass is 16.4. The lowest BCUT2D eigenvalue weighted by molar-refractivity contribution is -0.132. The van der Waals surface area contributed by atoms with Crippen molar-refractivity contribution in [1.82, 2.24) is 4.90 Å². The van der Waals surface area contributed by atoms with E-state index in [1.807, 2.05) is 0 Å². The van der Waals surface area contributed by atoms with Crippen LogP contribution in [0.5, 0.6) is 0 Å². The number of carboxylic acid groups (broad SMARTS) is 1. The van der Waals surface area contributed by atoms with Gasteiger partial charge in [0, 0.05) is 25.2 Å². The number of hydrogen-bond donors (Lipinski definition) is 2. The van der Waals surface area contributed by atoms with Crippen molar-refractivity contribution in [3.05, 3.63) is 11.6 Å². The van der Waals surface area contributed by atoms with Crippen molar-refractivity contribution >= 4 is 11.9 Å². The smallest absolute Gasteiger partial charge is 0.328 e. The number of aliphatic carboxylic acids is 1. The predicted octanol–water partition coefficient (Wildman–Crippen LogP) is -0.532. The summed E-state index contributed by atoms with van der Waals surface area (Å²) in [7, 11) is 1.50. The van der Waals surface area contributed by atoms with Crippen molar-refractivity contribution in [2.75, 3.05) is 20.2 Å². The second-order valence-electron chi connectivity index (χ2n) is 2.62. The number of likely N-dealkylation sites (N-methyl/N-ethyl adjacent to an activating group) is 1. The van der Waals surface area contributed by atoms with Gasteiger partial charge in [-0.2, -0.15) is 0 Å². The summed E-state index contributed by atoms with van der Waals surface area (Å²) in [4.78, 5) is 22.7. The Morgan fingerprint density at radius 1 is 1.46 bits per heavy atom. The number of aliphatic hydroxyl groups excluding tert-OH is 1. The summed E-state index contributed by atoms with van der Waals surface area (Å²) < 4.78 is 0. The van der Waals surface area contributed by atoms with Crippen molar-refractivity contribution in [2.24, 2.45) is 0 Å². The summed E-state index contributed by atoms with van der Waals surface area (Å²) in [5.74, 6) is -1.54. The molecule has 1 amide bonds.